The highest BCUT2D eigenvalue weighted by Crippen LogP contribution is 2.33. The van der Waals surface area contributed by atoms with Crippen molar-refractivity contribution < 1.29 is 9.50 Å². The molecular weight excluding hydrogens is 447 g/mol. The van der Waals surface area contributed by atoms with Gasteiger partial charge in [-0.05, 0) is 45.7 Å². The van der Waals surface area contributed by atoms with Gasteiger partial charge in [-0.2, -0.15) is 9.61 Å². The van der Waals surface area contributed by atoms with E-state index in [0.717, 1.165) is 18.5 Å². The average Bonchev–Trinajstić information content (AvgIpc) is 3.37. The normalized spacial score (nSPS) is 19.6. The summed E-state index contributed by atoms with van der Waals surface area (Å²) in [5, 5.41) is 19.6. The molecule has 0 bridgehead atoms. The summed E-state index contributed by atoms with van der Waals surface area (Å²) in [5.74, 6) is 0.341. The minimum absolute atomic E-state index is 0.0134. The summed E-state index contributed by atoms with van der Waals surface area (Å²) in [5.41, 5.74) is 7.20. The largest absolute Gasteiger partial charge is 0.389 e. The van der Waals surface area contributed by atoms with Crippen molar-refractivity contribution in [2.75, 3.05) is 17.2 Å². The molecule has 4 aromatic rings. The molecule has 0 spiro atoms. The lowest BCUT2D eigenvalue weighted by atomic mass is 9.92. The number of nitrogen functional groups attached to an aromatic ring is 1. The fourth-order valence-corrected chi connectivity index (χ4v) is 4.63. The van der Waals surface area contributed by atoms with E-state index in [0.29, 0.717) is 41.5 Å². The van der Waals surface area contributed by atoms with Gasteiger partial charge in [-0.3, -0.25) is 4.68 Å². The second-order valence-electron chi connectivity index (χ2n) is 9.44. The number of hydrogen-bond acceptors (Lipinski definition) is 7. The summed E-state index contributed by atoms with van der Waals surface area (Å²) in [7, 11) is 0. The minimum Gasteiger partial charge on any atom is -0.389 e. The number of aromatic nitrogens is 6. The molecule has 1 saturated heterocycles. The molecule has 2 atom stereocenters. The quantitative estimate of drug-likeness (QED) is 0.468. The highest BCUT2D eigenvalue weighted by atomic mass is 35.5. The molecule has 3 aromatic heterocycles. The monoisotopic (exact) mass is 472 g/mol. The van der Waals surface area contributed by atoms with Crippen LogP contribution in [0.5, 0.6) is 0 Å². The zero-order chi connectivity index (χ0) is 23.5. The second kappa shape index (κ2) is 7.81. The van der Waals surface area contributed by atoms with Gasteiger partial charge in [0.1, 0.15) is 5.82 Å². The van der Waals surface area contributed by atoms with E-state index in [1.54, 1.807) is 18.5 Å². The van der Waals surface area contributed by atoms with Crippen LogP contribution >= 0.6 is 11.6 Å². The third kappa shape index (κ3) is 4.08. The predicted octanol–water partition coefficient (Wildman–Crippen LogP) is 3.39. The fourth-order valence-electron chi connectivity index (χ4n) is 4.48. The number of benzene rings is 1. The van der Waals surface area contributed by atoms with E-state index in [1.165, 1.54) is 16.6 Å². The van der Waals surface area contributed by atoms with Crippen molar-refractivity contribution in [3.63, 3.8) is 0 Å². The lowest BCUT2D eigenvalue weighted by Crippen LogP contribution is -2.41. The maximum atomic E-state index is 14.1. The van der Waals surface area contributed by atoms with Crippen LogP contribution in [-0.4, -0.2) is 52.7 Å². The molecule has 3 N–H and O–H groups in total. The van der Waals surface area contributed by atoms with Crippen LogP contribution in [0.1, 0.15) is 45.4 Å². The first kappa shape index (κ1) is 21.8. The van der Waals surface area contributed by atoms with Gasteiger partial charge < -0.3 is 15.7 Å². The Morgan fingerprint density at radius 3 is 2.82 bits per heavy atom. The third-order valence-corrected chi connectivity index (χ3v) is 6.39. The van der Waals surface area contributed by atoms with Crippen molar-refractivity contribution >= 4 is 39.8 Å². The van der Waals surface area contributed by atoms with Crippen LogP contribution in [0.2, 0.25) is 5.02 Å². The summed E-state index contributed by atoms with van der Waals surface area (Å²) < 4.78 is 17.4. The number of halogens is 2. The van der Waals surface area contributed by atoms with Crippen molar-refractivity contribution in [3.05, 3.63) is 41.2 Å². The summed E-state index contributed by atoms with van der Waals surface area (Å²) >= 11 is 5.92. The Morgan fingerprint density at radius 1 is 1.27 bits per heavy atom. The molecule has 1 aliphatic heterocycles. The van der Waals surface area contributed by atoms with E-state index in [1.807, 2.05) is 12.4 Å². The fraction of sp³-hybridized carbons (Fsp3) is 0.455. The number of fused-ring (bicyclic) bond motifs is 3. The van der Waals surface area contributed by atoms with Crippen molar-refractivity contribution in [3.8, 4) is 0 Å². The van der Waals surface area contributed by atoms with Crippen LogP contribution in [0.15, 0.2) is 24.5 Å². The van der Waals surface area contributed by atoms with Crippen LogP contribution in [0.4, 0.5) is 16.0 Å². The molecular formula is C22H26ClFN8O. The van der Waals surface area contributed by atoms with Gasteiger partial charge in [-0.15, -0.1) is 5.10 Å². The van der Waals surface area contributed by atoms with Crippen LogP contribution < -0.4 is 10.6 Å². The van der Waals surface area contributed by atoms with E-state index in [-0.39, 0.29) is 16.9 Å². The Labute approximate surface area is 195 Å². The van der Waals surface area contributed by atoms with Crippen LogP contribution in [0.25, 0.3) is 16.6 Å². The van der Waals surface area contributed by atoms with E-state index >= 15 is 0 Å². The number of nitrogens with two attached hydrogens (primary N) is 1. The first-order valence-electron chi connectivity index (χ1n) is 10.9. The number of nitrogens with zero attached hydrogens (tertiary/aromatic N) is 7. The molecule has 9 nitrogen and oxygen atoms in total. The lowest BCUT2D eigenvalue weighted by Gasteiger charge is -2.37. The van der Waals surface area contributed by atoms with Crippen molar-refractivity contribution in [2.24, 2.45) is 0 Å². The molecule has 0 saturated carbocycles. The summed E-state index contributed by atoms with van der Waals surface area (Å²) in [6.45, 7) is 6.81. The first-order valence-corrected chi connectivity index (χ1v) is 11.3. The van der Waals surface area contributed by atoms with Gasteiger partial charge in [0.2, 0.25) is 5.95 Å². The molecule has 174 valence electrons. The topological polar surface area (TPSA) is 110 Å². The number of piperidine rings is 1. The zero-order valence-electron chi connectivity index (χ0n) is 18.7. The molecule has 2 unspecified atom stereocenters. The van der Waals surface area contributed by atoms with Crippen LogP contribution in [0.3, 0.4) is 0 Å². The maximum Gasteiger partial charge on any atom is 0.223 e. The van der Waals surface area contributed by atoms with Gasteiger partial charge in [0.15, 0.2) is 11.5 Å². The van der Waals surface area contributed by atoms with Gasteiger partial charge in [0.05, 0.1) is 34.6 Å². The third-order valence-electron chi connectivity index (χ3n) is 6.10. The average molecular weight is 473 g/mol. The van der Waals surface area contributed by atoms with Gasteiger partial charge in [0.25, 0.3) is 0 Å². The van der Waals surface area contributed by atoms with Crippen molar-refractivity contribution in [2.45, 2.75) is 57.7 Å². The smallest absolute Gasteiger partial charge is 0.223 e. The molecule has 4 heterocycles. The SMILES string of the molecule is CC1CCC(c2nc3c4cc(F)c(Cl)cc4nc(N)n3n2)CN1c1cnn(CC(C)(C)O)c1. The van der Waals surface area contributed by atoms with Crippen molar-refractivity contribution in [1.82, 2.24) is 29.4 Å². The van der Waals surface area contributed by atoms with Crippen molar-refractivity contribution in [1.29, 1.82) is 0 Å². The van der Waals surface area contributed by atoms with E-state index in [2.05, 4.69) is 27.0 Å². The predicted molar refractivity (Wildman–Crippen MR) is 125 cm³/mol. The number of hydrogen-bond donors (Lipinski definition) is 2. The Kier molecular flexibility index (Phi) is 5.17. The number of anilines is 2. The van der Waals surface area contributed by atoms with Gasteiger partial charge in [-0.25, -0.2) is 14.4 Å². The molecule has 1 fully saturated rings. The Hall–Kier alpha value is -2.98. The zero-order valence-corrected chi connectivity index (χ0v) is 19.5. The molecule has 11 heteroatoms. The number of rotatable bonds is 4. The molecule has 5 rings (SSSR count). The second-order valence-corrected chi connectivity index (χ2v) is 9.85. The van der Waals surface area contributed by atoms with E-state index in [4.69, 9.17) is 22.3 Å². The molecule has 0 amide bonds. The minimum atomic E-state index is -0.847. The molecule has 1 aliphatic rings. The Balaban J connectivity index is 1.48. The lowest BCUT2D eigenvalue weighted by molar-refractivity contribution is 0.0577. The summed E-state index contributed by atoms with van der Waals surface area (Å²) in [6.07, 6.45) is 5.65. The first-order chi connectivity index (χ1) is 15.6. The van der Waals surface area contributed by atoms with Gasteiger partial charge >= 0.3 is 0 Å². The maximum absolute atomic E-state index is 14.1. The summed E-state index contributed by atoms with van der Waals surface area (Å²) in [6, 6.07) is 3.10. The van der Waals surface area contributed by atoms with E-state index in [9.17, 15) is 9.50 Å². The van der Waals surface area contributed by atoms with Crippen LogP contribution in [0, 0.1) is 5.82 Å². The molecule has 33 heavy (non-hydrogen) atoms. The standard InChI is InChI=1S/C22H26ClFN8O/c1-12-4-5-13(9-31(12)14-8-26-30(10-14)11-22(2,3)33)19-28-20-15-6-17(24)16(23)7-18(15)27-21(25)32(20)29-19/h6-8,10,12-13,33H,4-5,9,11H2,1-3H3,(H2,25,27). The van der Waals surface area contributed by atoms with Gasteiger partial charge in [-0.1, -0.05) is 11.6 Å². The molecule has 1 aromatic carbocycles. The highest BCUT2D eigenvalue weighted by molar-refractivity contribution is 6.31. The Morgan fingerprint density at radius 2 is 2.06 bits per heavy atom. The Bertz CT molecular complexity index is 1340. The van der Waals surface area contributed by atoms with Gasteiger partial charge in [0, 0.05) is 30.1 Å². The molecule has 0 radical (unpaired) electrons. The number of aliphatic hydroxyl groups is 1. The molecule has 0 aliphatic carbocycles. The highest BCUT2D eigenvalue weighted by Gasteiger charge is 2.30. The summed E-state index contributed by atoms with van der Waals surface area (Å²) in [4.78, 5) is 11.3. The van der Waals surface area contributed by atoms with E-state index < -0.39 is 11.4 Å². The van der Waals surface area contributed by atoms with Crippen LogP contribution in [-0.2, 0) is 6.54 Å².